The van der Waals surface area contributed by atoms with Crippen molar-refractivity contribution in [1.29, 1.82) is 0 Å². The number of aromatic nitrogens is 2. The molecule has 0 aliphatic heterocycles. The van der Waals surface area contributed by atoms with E-state index in [1.54, 1.807) is 43.3 Å². The Balaban J connectivity index is 1.92. The van der Waals surface area contributed by atoms with Gasteiger partial charge in [-0.15, -0.1) is 0 Å². The number of Topliss-reactive ketones (excluding diaryl/α,β-unsaturated/α-hetero) is 1. The molecular weight excluding hydrogens is 515 g/mol. The van der Waals surface area contributed by atoms with E-state index in [2.05, 4.69) is 31.5 Å². The van der Waals surface area contributed by atoms with Crippen LogP contribution in [0.1, 0.15) is 74.8 Å². The number of halogens is 1. The molecule has 1 unspecified atom stereocenters. The van der Waals surface area contributed by atoms with E-state index in [1.807, 2.05) is 18.4 Å². The number of aryl methyl sites for hydroxylation is 1. The highest BCUT2D eigenvalue weighted by Crippen LogP contribution is 2.29. The molecule has 0 saturated carbocycles. The van der Waals surface area contributed by atoms with Gasteiger partial charge in [0.25, 0.3) is 6.01 Å². The molecule has 2 aromatic carbocycles. The molecule has 8 heteroatoms. The van der Waals surface area contributed by atoms with Gasteiger partial charge in [0.15, 0.2) is 0 Å². The van der Waals surface area contributed by atoms with Gasteiger partial charge < -0.3 is 9.47 Å². The number of imidazole rings is 1. The van der Waals surface area contributed by atoms with E-state index in [9.17, 15) is 9.59 Å². The first-order valence-corrected chi connectivity index (χ1v) is 14.2. The largest absolute Gasteiger partial charge is 0.465 e. The molecule has 39 heavy (non-hydrogen) atoms. The van der Waals surface area contributed by atoms with Gasteiger partial charge in [-0.05, 0) is 62.3 Å². The smallest absolute Gasteiger partial charge is 0.338 e. The summed E-state index contributed by atoms with van der Waals surface area (Å²) in [7, 11) is 0. The Morgan fingerprint density at radius 2 is 1.82 bits per heavy atom. The van der Waals surface area contributed by atoms with Crippen molar-refractivity contribution < 1.29 is 23.5 Å². The van der Waals surface area contributed by atoms with Gasteiger partial charge in [-0.25, -0.2) is 14.2 Å². The molecule has 0 aliphatic rings. The molecule has 0 spiro atoms. The molecule has 1 heterocycles. The average molecular weight is 555 g/mol. The first-order valence-electron chi connectivity index (χ1n) is 13.7. The van der Waals surface area contributed by atoms with Gasteiger partial charge in [0, 0.05) is 17.7 Å². The number of ether oxygens (including phenoxy) is 2. The highest BCUT2D eigenvalue weighted by Gasteiger charge is 2.22. The van der Waals surface area contributed by atoms with Crippen LogP contribution >= 0.6 is 12.6 Å². The minimum absolute atomic E-state index is 0.0931. The van der Waals surface area contributed by atoms with Crippen LogP contribution in [0.15, 0.2) is 42.5 Å². The van der Waals surface area contributed by atoms with Crippen molar-refractivity contribution in [3.05, 3.63) is 70.8 Å². The summed E-state index contributed by atoms with van der Waals surface area (Å²) >= 11 is 4.51. The summed E-state index contributed by atoms with van der Waals surface area (Å²) in [6, 6.07) is 12.4. The zero-order valence-corrected chi connectivity index (χ0v) is 24.4. The van der Waals surface area contributed by atoms with Crippen LogP contribution in [0.2, 0.25) is 0 Å². The summed E-state index contributed by atoms with van der Waals surface area (Å²) in [4.78, 5) is 29.9. The first-order chi connectivity index (χ1) is 18.7. The highest BCUT2D eigenvalue weighted by molar-refractivity contribution is 7.81. The lowest BCUT2D eigenvalue weighted by Crippen LogP contribution is -2.18. The Bertz CT molecular complexity index is 1290. The third kappa shape index (κ3) is 7.72. The average Bonchev–Trinajstić information content (AvgIpc) is 3.24. The summed E-state index contributed by atoms with van der Waals surface area (Å²) in [6.07, 6.45) is 2.20. The SMILES string of the molecule is CCOC(=O)c1ccccc1-c1ccc(Cn2c(OCC)nc(CC)c2CCC(=O)C(S)CC(C)C)c(F)c1. The molecule has 0 fully saturated rings. The van der Waals surface area contributed by atoms with Crippen molar-refractivity contribution >= 4 is 24.4 Å². The van der Waals surface area contributed by atoms with Crippen LogP contribution in [0.5, 0.6) is 6.01 Å². The monoisotopic (exact) mass is 554 g/mol. The maximum absolute atomic E-state index is 15.5. The van der Waals surface area contributed by atoms with Crippen LogP contribution in [-0.4, -0.2) is 39.8 Å². The second-order valence-electron chi connectivity index (χ2n) is 9.84. The van der Waals surface area contributed by atoms with Gasteiger partial charge in [-0.3, -0.25) is 9.36 Å². The zero-order valence-electron chi connectivity index (χ0n) is 23.5. The lowest BCUT2D eigenvalue weighted by Gasteiger charge is -2.15. The predicted molar refractivity (Wildman–Crippen MR) is 155 cm³/mol. The van der Waals surface area contributed by atoms with Gasteiger partial charge in [-0.1, -0.05) is 51.1 Å². The molecule has 210 valence electrons. The van der Waals surface area contributed by atoms with Crippen molar-refractivity contribution in [2.24, 2.45) is 5.92 Å². The number of nitrogens with zero attached hydrogens (tertiary/aromatic N) is 2. The second-order valence-corrected chi connectivity index (χ2v) is 10.5. The van der Waals surface area contributed by atoms with Gasteiger partial charge in [-0.2, -0.15) is 12.6 Å². The van der Waals surface area contributed by atoms with E-state index in [-0.39, 0.29) is 24.2 Å². The maximum Gasteiger partial charge on any atom is 0.338 e. The summed E-state index contributed by atoms with van der Waals surface area (Å²) < 4.78 is 28.4. The van der Waals surface area contributed by atoms with Crippen LogP contribution < -0.4 is 4.74 Å². The van der Waals surface area contributed by atoms with Crippen LogP contribution in [0.25, 0.3) is 11.1 Å². The van der Waals surface area contributed by atoms with Crippen molar-refractivity contribution in [3.63, 3.8) is 0 Å². The number of rotatable bonds is 14. The Labute approximate surface area is 236 Å². The molecule has 0 radical (unpaired) electrons. The molecule has 3 aromatic rings. The Morgan fingerprint density at radius 3 is 2.46 bits per heavy atom. The van der Waals surface area contributed by atoms with Crippen LogP contribution in [0.4, 0.5) is 4.39 Å². The second kappa shape index (κ2) is 14.3. The number of esters is 1. The third-order valence-electron chi connectivity index (χ3n) is 6.52. The molecule has 0 aliphatic carbocycles. The minimum atomic E-state index is -0.444. The van der Waals surface area contributed by atoms with Crippen molar-refractivity contribution in [2.45, 2.75) is 72.1 Å². The Kier molecular flexibility index (Phi) is 11.2. The quantitative estimate of drug-likeness (QED) is 0.177. The number of carbonyl (C=O) groups is 2. The lowest BCUT2D eigenvalue weighted by molar-refractivity contribution is -0.118. The standard InChI is InChI=1S/C31H39FN2O4S/c1-6-26-27(15-16-28(35)29(39)17-20(4)5)34(31(33-26)38-8-3)19-22-14-13-21(18-25(22)32)23-11-9-10-12-24(23)30(36)37-7-2/h9-14,18,20,29,39H,6-8,15-17,19H2,1-5H3. The van der Waals surface area contributed by atoms with E-state index >= 15 is 4.39 Å². The maximum atomic E-state index is 15.5. The lowest BCUT2D eigenvalue weighted by atomic mass is 9.98. The number of benzene rings is 2. The number of hydrogen-bond donors (Lipinski definition) is 1. The number of carbonyl (C=O) groups excluding carboxylic acids is 2. The fraction of sp³-hybridized carbons (Fsp3) is 0.452. The van der Waals surface area contributed by atoms with Gasteiger partial charge in [0.2, 0.25) is 0 Å². The molecular formula is C31H39FN2O4S. The molecule has 0 amide bonds. The van der Waals surface area contributed by atoms with Crippen LogP contribution in [0, 0.1) is 11.7 Å². The molecule has 6 nitrogen and oxygen atoms in total. The minimum Gasteiger partial charge on any atom is -0.465 e. The van der Waals surface area contributed by atoms with E-state index in [1.165, 1.54) is 6.07 Å². The van der Waals surface area contributed by atoms with E-state index in [0.717, 1.165) is 17.8 Å². The summed E-state index contributed by atoms with van der Waals surface area (Å²) in [5, 5.41) is -0.305. The topological polar surface area (TPSA) is 70.4 Å². The fourth-order valence-corrected chi connectivity index (χ4v) is 5.15. The third-order valence-corrected chi connectivity index (χ3v) is 7.02. The van der Waals surface area contributed by atoms with Crippen molar-refractivity contribution in [3.8, 4) is 17.1 Å². The highest BCUT2D eigenvalue weighted by atomic mass is 32.1. The number of thiol groups is 1. The Morgan fingerprint density at radius 1 is 1.08 bits per heavy atom. The fourth-order valence-electron chi connectivity index (χ4n) is 4.60. The summed E-state index contributed by atoms with van der Waals surface area (Å²) in [5.74, 6) is -0.376. The van der Waals surface area contributed by atoms with E-state index in [4.69, 9.17) is 9.47 Å². The van der Waals surface area contributed by atoms with Crippen molar-refractivity contribution in [1.82, 2.24) is 9.55 Å². The van der Waals surface area contributed by atoms with E-state index < -0.39 is 11.8 Å². The van der Waals surface area contributed by atoms with Gasteiger partial charge in [0.1, 0.15) is 11.6 Å². The zero-order chi connectivity index (χ0) is 28.5. The number of ketones is 1. The summed E-state index contributed by atoms with van der Waals surface area (Å²) in [6.45, 7) is 10.7. The molecule has 0 bridgehead atoms. The molecule has 1 atom stereocenters. The van der Waals surface area contributed by atoms with Gasteiger partial charge >= 0.3 is 5.97 Å². The Hall–Kier alpha value is -3.13. The normalized spacial score (nSPS) is 12.0. The first kappa shape index (κ1) is 30.4. The molecule has 1 aromatic heterocycles. The molecule has 0 N–H and O–H groups in total. The molecule has 0 saturated heterocycles. The predicted octanol–water partition coefficient (Wildman–Crippen LogP) is 6.72. The van der Waals surface area contributed by atoms with Crippen molar-refractivity contribution in [2.75, 3.05) is 13.2 Å². The summed E-state index contributed by atoms with van der Waals surface area (Å²) in [5.41, 5.74) is 3.74. The molecule has 3 rings (SSSR count). The number of hydrogen-bond acceptors (Lipinski definition) is 6. The van der Waals surface area contributed by atoms with Crippen LogP contribution in [0.3, 0.4) is 0 Å². The van der Waals surface area contributed by atoms with Gasteiger partial charge in [0.05, 0.1) is 36.3 Å². The van der Waals surface area contributed by atoms with E-state index in [0.29, 0.717) is 60.1 Å². The van der Waals surface area contributed by atoms with Crippen LogP contribution in [-0.2, 0) is 28.9 Å².